The Morgan fingerprint density at radius 2 is 1.33 bits per heavy atom. The van der Waals surface area contributed by atoms with Crippen LogP contribution in [0.1, 0.15) is 23.7 Å². The minimum Gasteiger partial charge on any atom is -0.355 e. The highest BCUT2D eigenvalue weighted by molar-refractivity contribution is 5.84. The van der Waals surface area contributed by atoms with Crippen LogP contribution >= 0.6 is 0 Å². The van der Waals surface area contributed by atoms with Gasteiger partial charge in [0, 0.05) is 55.4 Å². The molecule has 43 heavy (non-hydrogen) atoms. The summed E-state index contributed by atoms with van der Waals surface area (Å²) in [6.07, 6.45) is 0.505. The Hall–Kier alpha value is -5.49. The molecule has 0 aliphatic heterocycles. The van der Waals surface area contributed by atoms with Crippen LogP contribution in [0, 0.1) is 0 Å². The molecular weight excluding hydrogens is 548 g/mol. The minimum atomic E-state index is -0.261. The van der Waals surface area contributed by atoms with Gasteiger partial charge in [0.15, 0.2) is 0 Å². The quantitative estimate of drug-likeness (QED) is 0.210. The highest BCUT2D eigenvalue weighted by Crippen LogP contribution is 2.19. The summed E-state index contributed by atoms with van der Waals surface area (Å²) in [7, 11) is 0. The van der Waals surface area contributed by atoms with Crippen LogP contribution < -0.4 is 16.4 Å². The fourth-order valence-electron chi connectivity index (χ4n) is 4.94. The van der Waals surface area contributed by atoms with Crippen molar-refractivity contribution in [1.82, 2.24) is 40.8 Å². The number of H-pyrrole nitrogens is 2. The van der Waals surface area contributed by atoms with Gasteiger partial charge in [0.05, 0.1) is 22.2 Å². The zero-order valence-electron chi connectivity index (χ0n) is 23.1. The van der Waals surface area contributed by atoms with Crippen molar-refractivity contribution in [2.24, 2.45) is 0 Å². The molecule has 3 aromatic carbocycles. The number of aromatic amines is 2. The van der Waals surface area contributed by atoms with Gasteiger partial charge in [-0.15, -0.1) is 0 Å². The van der Waals surface area contributed by atoms with Crippen LogP contribution in [0.3, 0.4) is 0 Å². The van der Waals surface area contributed by atoms with E-state index in [0.29, 0.717) is 66.5 Å². The van der Waals surface area contributed by atoms with E-state index >= 15 is 0 Å². The summed E-state index contributed by atoms with van der Waals surface area (Å²) in [5, 5.41) is 23.4. The molecule has 3 aromatic heterocycles. The molecule has 0 saturated carbocycles. The van der Waals surface area contributed by atoms with Gasteiger partial charge >= 0.3 is 0 Å². The van der Waals surface area contributed by atoms with Gasteiger partial charge < -0.3 is 9.84 Å². The molecule has 3 heterocycles. The number of carbonyl (C=O) groups excluding carboxylic acids is 1. The normalized spacial score (nSPS) is 11.4. The predicted molar refractivity (Wildman–Crippen MR) is 160 cm³/mol. The van der Waals surface area contributed by atoms with Crippen LogP contribution in [0.2, 0.25) is 0 Å². The Bertz CT molecular complexity index is 1910. The fourth-order valence-corrected chi connectivity index (χ4v) is 4.94. The number of aryl methyl sites for hydroxylation is 1. The maximum absolute atomic E-state index is 12.7. The molecule has 1 amide bonds. The SMILES string of the molecule is O=C(CCc1nc(-c2ccccc2)no1)NCCN(Cc1n[nH]c(=O)c2ccccc12)Cc1n[nH]c(=O)c2ccccc12. The average molecular weight is 577 g/mol. The van der Waals surface area contributed by atoms with Crippen molar-refractivity contribution in [1.29, 1.82) is 0 Å². The van der Waals surface area contributed by atoms with E-state index in [1.54, 1.807) is 12.1 Å². The molecule has 6 rings (SSSR count). The number of amides is 1. The summed E-state index contributed by atoms with van der Waals surface area (Å²) in [6.45, 7) is 1.54. The van der Waals surface area contributed by atoms with Crippen molar-refractivity contribution in [3.05, 3.63) is 117 Å². The molecular formula is C31H28N8O4. The lowest BCUT2D eigenvalue weighted by atomic mass is 10.1. The van der Waals surface area contributed by atoms with Gasteiger partial charge in [-0.3, -0.25) is 19.3 Å². The zero-order chi connectivity index (χ0) is 29.6. The summed E-state index contributed by atoms with van der Waals surface area (Å²) >= 11 is 0. The van der Waals surface area contributed by atoms with Crippen LogP contribution in [0.25, 0.3) is 32.9 Å². The summed E-state index contributed by atoms with van der Waals surface area (Å²) in [6, 6.07) is 24.1. The molecule has 0 spiro atoms. The van der Waals surface area contributed by atoms with Crippen molar-refractivity contribution >= 4 is 27.5 Å². The van der Waals surface area contributed by atoms with Crippen LogP contribution in [-0.4, -0.2) is 54.4 Å². The lowest BCUT2D eigenvalue weighted by molar-refractivity contribution is -0.121. The Kier molecular flexibility index (Phi) is 8.09. The van der Waals surface area contributed by atoms with Gasteiger partial charge in [-0.1, -0.05) is 71.9 Å². The number of nitrogens with zero attached hydrogens (tertiary/aromatic N) is 5. The van der Waals surface area contributed by atoms with Gasteiger partial charge in [0.25, 0.3) is 11.1 Å². The van der Waals surface area contributed by atoms with E-state index in [2.05, 4.69) is 40.8 Å². The molecule has 0 radical (unpaired) electrons. The number of rotatable bonds is 11. The Morgan fingerprint density at radius 1 is 0.767 bits per heavy atom. The van der Waals surface area contributed by atoms with Gasteiger partial charge in [-0.05, 0) is 12.1 Å². The van der Waals surface area contributed by atoms with Crippen molar-refractivity contribution in [2.75, 3.05) is 13.1 Å². The van der Waals surface area contributed by atoms with Crippen molar-refractivity contribution < 1.29 is 9.32 Å². The second kappa shape index (κ2) is 12.6. The first kappa shape index (κ1) is 27.7. The molecule has 12 nitrogen and oxygen atoms in total. The molecule has 0 aliphatic carbocycles. The van der Waals surface area contributed by atoms with E-state index in [1.165, 1.54) is 0 Å². The number of benzene rings is 3. The van der Waals surface area contributed by atoms with Crippen LogP contribution in [0.15, 0.2) is 93.0 Å². The second-order valence-electron chi connectivity index (χ2n) is 10.0. The lowest BCUT2D eigenvalue weighted by Crippen LogP contribution is -2.35. The average Bonchev–Trinajstić information content (AvgIpc) is 3.53. The molecule has 216 valence electrons. The number of hydrogen-bond donors (Lipinski definition) is 3. The number of aromatic nitrogens is 6. The predicted octanol–water partition coefficient (Wildman–Crippen LogP) is 2.96. The molecule has 0 unspecified atom stereocenters. The fraction of sp³-hybridized carbons (Fsp3) is 0.194. The standard InChI is InChI=1S/C31H28N8O4/c40-27(14-15-28-33-29(38-43-28)20-8-2-1-3-9-20)32-16-17-39(18-25-21-10-4-6-12-23(21)30(41)36-34-25)19-26-22-11-5-7-13-24(22)31(42)37-35-26/h1-13H,14-19H2,(H,32,40)(H,36,41)(H,37,42). The maximum Gasteiger partial charge on any atom is 0.272 e. The van der Waals surface area contributed by atoms with Crippen molar-refractivity contribution in [3.63, 3.8) is 0 Å². The largest absolute Gasteiger partial charge is 0.355 e. The molecule has 0 fully saturated rings. The molecule has 0 atom stereocenters. The van der Waals surface area contributed by atoms with E-state index in [-0.39, 0.29) is 23.4 Å². The highest BCUT2D eigenvalue weighted by Gasteiger charge is 2.16. The first-order chi connectivity index (χ1) is 21.0. The van der Waals surface area contributed by atoms with Crippen LogP contribution in [-0.2, 0) is 24.3 Å². The van der Waals surface area contributed by atoms with Crippen LogP contribution in [0.5, 0.6) is 0 Å². The zero-order valence-corrected chi connectivity index (χ0v) is 23.1. The van der Waals surface area contributed by atoms with E-state index < -0.39 is 0 Å². The number of hydrogen-bond acceptors (Lipinski definition) is 9. The van der Waals surface area contributed by atoms with E-state index in [9.17, 15) is 14.4 Å². The number of carbonyl (C=O) groups is 1. The second-order valence-corrected chi connectivity index (χ2v) is 10.0. The molecule has 12 heteroatoms. The van der Waals surface area contributed by atoms with E-state index in [4.69, 9.17) is 4.52 Å². The molecule has 3 N–H and O–H groups in total. The monoisotopic (exact) mass is 576 g/mol. The summed E-state index contributed by atoms with van der Waals surface area (Å²) < 4.78 is 5.32. The topological polar surface area (TPSA) is 163 Å². The molecule has 6 aromatic rings. The lowest BCUT2D eigenvalue weighted by Gasteiger charge is -2.22. The highest BCUT2D eigenvalue weighted by atomic mass is 16.5. The number of nitrogens with one attached hydrogen (secondary N) is 3. The van der Waals surface area contributed by atoms with Crippen molar-refractivity contribution in [3.8, 4) is 11.4 Å². The van der Waals surface area contributed by atoms with Gasteiger partial charge in [0.2, 0.25) is 17.6 Å². The smallest absolute Gasteiger partial charge is 0.272 e. The third kappa shape index (κ3) is 6.39. The molecule has 0 aliphatic rings. The Labute approximate surface area is 244 Å². The summed E-state index contributed by atoms with van der Waals surface area (Å²) in [5.74, 6) is 0.723. The Balaban J connectivity index is 1.14. The van der Waals surface area contributed by atoms with Gasteiger partial charge in [-0.2, -0.15) is 15.2 Å². The van der Waals surface area contributed by atoms with E-state index in [1.807, 2.05) is 66.7 Å². The van der Waals surface area contributed by atoms with Gasteiger partial charge in [-0.25, -0.2) is 10.2 Å². The third-order valence-corrected chi connectivity index (χ3v) is 7.11. The first-order valence-electron chi connectivity index (χ1n) is 13.8. The first-order valence-corrected chi connectivity index (χ1v) is 13.8. The van der Waals surface area contributed by atoms with Gasteiger partial charge in [0.1, 0.15) is 0 Å². The maximum atomic E-state index is 12.7. The summed E-state index contributed by atoms with van der Waals surface area (Å²) in [4.78, 5) is 43.8. The third-order valence-electron chi connectivity index (χ3n) is 7.11. The van der Waals surface area contributed by atoms with E-state index in [0.717, 1.165) is 16.3 Å². The number of fused-ring (bicyclic) bond motifs is 2. The van der Waals surface area contributed by atoms with Crippen molar-refractivity contribution in [2.45, 2.75) is 25.9 Å². The Morgan fingerprint density at radius 3 is 1.93 bits per heavy atom. The molecule has 0 bridgehead atoms. The summed E-state index contributed by atoms with van der Waals surface area (Å²) in [5.41, 5.74) is 1.69. The van der Waals surface area contributed by atoms with Crippen LogP contribution in [0.4, 0.5) is 0 Å². The minimum absolute atomic E-state index is 0.153. The molecule has 0 saturated heterocycles.